The smallest absolute Gasteiger partial charge is 0.246 e. The number of anilines is 1. The lowest BCUT2D eigenvalue weighted by molar-refractivity contribution is -0.118. The van der Waals surface area contributed by atoms with E-state index in [0.717, 1.165) is 11.3 Å². The lowest BCUT2D eigenvalue weighted by Gasteiger charge is -2.27. The van der Waals surface area contributed by atoms with Gasteiger partial charge in [0.15, 0.2) is 0 Å². The van der Waals surface area contributed by atoms with Crippen LogP contribution in [0.5, 0.6) is 5.75 Å². The van der Waals surface area contributed by atoms with Crippen LogP contribution in [0.2, 0.25) is 0 Å². The Balaban J connectivity index is 1.62. The van der Waals surface area contributed by atoms with Crippen molar-refractivity contribution in [3.8, 4) is 5.75 Å². The van der Waals surface area contributed by atoms with Gasteiger partial charge < -0.3 is 18.8 Å². The average Bonchev–Trinajstić information content (AvgIpc) is 3.37. The highest BCUT2D eigenvalue weighted by Crippen LogP contribution is 2.29. The van der Waals surface area contributed by atoms with Crippen molar-refractivity contribution in [1.82, 2.24) is 4.31 Å². The summed E-state index contributed by atoms with van der Waals surface area (Å²) in [4.78, 5) is 15.1. The van der Waals surface area contributed by atoms with Crippen LogP contribution in [-0.2, 0) is 32.5 Å². The Bertz CT molecular complexity index is 1220. The molecule has 0 spiro atoms. The van der Waals surface area contributed by atoms with E-state index in [2.05, 4.69) is 0 Å². The number of sulfonamides is 1. The number of furan rings is 1. The summed E-state index contributed by atoms with van der Waals surface area (Å²) in [5.41, 5.74) is 2.40. The third-order valence-electron chi connectivity index (χ3n) is 5.71. The second-order valence-electron chi connectivity index (χ2n) is 8.07. The van der Waals surface area contributed by atoms with Gasteiger partial charge in [-0.2, -0.15) is 4.31 Å². The van der Waals surface area contributed by atoms with Gasteiger partial charge >= 0.3 is 0 Å². The molecule has 34 heavy (non-hydrogen) atoms. The Morgan fingerprint density at radius 3 is 2.47 bits per heavy atom. The second kappa shape index (κ2) is 10.4. The van der Waals surface area contributed by atoms with Gasteiger partial charge in [-0.3, -0.25) is 4.79 Å². The van der Waals surface area contributed by atoms with Crippen molar-refractivity contribution in [1.29, 1.82) is 0 Å². The van der Waals surface area contributed by atoms with Crippen molar-refractivity contribution < 1.29 is 27.1 Å². The monoisotopic (exact) mass is 484 g/mol. The Labute approximate surface area is 199 Å². The summed E-state index contributed by atoms with van der Waals surface area (Å²) in [5.74, 6) is 0.716. The Hall–Kier alpha value is -3.14. The number of morpholine rings is 1. The van der Waals surface area contributed by atoms with Crippen LogP contribution < -0.4 is 9.64 Å². The molecule has 0 radical (unpaired) electrons. The summed E-state index contributed by atoms with van der Waals surface area (Å²) < 4.78 is 44.0. The van der Waals surface area contributed by atoms with E-state index >= 15 is 0 Å². The number of amides is 1. The van der Waals surface area contributed by atoms with Gasteiger partial charge in [0.05, 0.1) is 39.6 Å². The molecular weight excluding hydrogens is 456 g/mol. The molecule has 0 atom stereocenters. The van der Waals surface area contributed by atoms with Gasteiger partial charge in [-0.25, -0.2) is 8.42 Å². The van der Waals surface area contributed by atoms with Crippen LogP contribution in [-0.4, -0.2) is 52.0 Å². The zero-order valence-electron chi connectivity index (χ0n) is 19.3. The molecule has 0 aliphatic carbocycles. The first kappa shape index (κ1) is 24.0. The van der Waals surface area contributed by atoms with E-state index in [1.165, 1.54) is 17.5 Å². The SMILES string of the molecule is COc1ccc(CC(=O)N(Cc2ccco2)c2ccc(C)cc2)cc1S(=O)(=O)N1CCOCC1. The molecule has 1 aliphatic rings. The fourth-order valence-electron chi connectivity index (χ4n) is 3.84. The number of aryl methyl sites for hydroxylation is 1. The molecule has 8 nitrogen and oxygen atoms in total. The molecule has 1 saturated heterocycles. The van der Waals surface area contributed by atoms with Crippen LogP contribution >= 0.6 is 0 Å². The standard InChI is InChI=1S/C25H28N2O6S/c1-19-5-8-21(9-6-19)27(18-22-4-3-13-33-22)25(28)17-20-7-10-23(31-2)24(16-20)34(29,30)26-11-14-32-15-12-26/h3-10,13,16H,11-12,14-15,17-18H2,1-2H3. The lowest BCUT2D eigenvalue weighted by atomic mass is 10.1. The van der Waals surface area contributed by atoms with Crippen molar-refractivity contribution >= 4 is 21.6 Å². The van der Waals surface area contributed by atoms with Crippen LogP contribution in [0.1, 0.15) is 16.9 Å². The summed E-state index contributed by atoms with van der Waals surface area (Å²) in [5, 5.41) is 0. The minimum absolute atomic E-state index is 0.0181. The highest BCUT2D eigenvalue weighted by atomic mass is 32.2. The predicted octanol–water partition coefficient (Wildman–Crippen LogP) is 3.39. The van der Waals surface area contributed by atoms with Crippen molar-refractivity contribution in [2.75, 3.05) is 38.3 Å². The Morgan fingerprint density at radius 2 is 1.82 bits per heavy atom. The minimum Gasteiger partial charge on any atom is -0.495 e. The molecule has 0 saturated carbocycles. The molecule has 9 heteroatoms. The first-order valence-corrected chi connectivity index (χ1v) is 12.5. The van der Waals surface area contributed by atoms with E-state index in [1.807, 2.05) is 37.3 Å². The average molecular weight is 485 g/mol. The summed E-state index contributed by atoms with van der Waals surface area (Å²) in [6.45, 7) is 3.49. The van der Waals surface area contributed by atoms with Gasteiger partial charge in [0.1, 0.15) is 16.4 Å². The first-order chi connectivity index (χ1) is 16.4. The summed E-state index contributed by atoms with van der Waals surface area (Å²) in [7, 11) is -2.36. The van der Waals surface area contributed by atoms with Crippen molar-refractivity contribution in [2.45, 2.75) is 24.8 Å². The maximum Gasteiger partial charge on any atom is 0.246 e. The molecule has 3 aromatic rings. The van der Waals surface area contributed by atoms with Crippen LogP contribution in [0.15, 0.2) is 70.2 Å². The third-order valence-corrected chi connectivity index (χ3v) is 7.63. The number of hydrogen-bond acceptors (Lipinski definition) is 6. The van der Waals surface area contributed by atoms with Gasteiger partial charge in [-0.1, -0.05) is 23.8 Å². The molecule has 180 valence electrons. The maximum atomic E-state index is 13.4. The quantitative estimate of drug-likeness (QED) is 0.487. The van der Waals surface area contributed by atoms with Gasteiger partial charge in [-0.05, 0) is 48.9 Å². The zero-order valence-corrected chi connectivity index (χ0v) is 20.1. The molecule has 0 N–H and O–H groups in total. The Morgan fingerprint density at radius 1 is 1.09 bits per heavy atom. The molecule has 0 bridgehead atoms. The number of ether oxygens (including phenoxy) is 2. The van der Waals surface area contributed by atoms with E-state index in [-0.39, 0.29) is 42.6 Å². The van der Waals surface area contributed by atoms with E-state index in [4.69, 9.17) is 13.9 Å². The summed E-state index contributed by atoms with van der Waals surface area (Å²) in [6, 6.07) is 16.1. The van der Waals surface area contributed by atoms with Gasteiger partial charge in [-0.15, -0.1) is 0 Å². The molecule has 1 aliphatic heterocycles. The highest BCUT2D eigenvalue weighted by molar-refractivity contribution is 7.89. The van der Waals surface area contributed by atoms with E-state index in [9.17, 15) is 13.2 Å². The molecule has 2 aromatic carbocycles. The second-order valence-corrected chi connectivity index (χ2v) is 9.98. The van der Waals surface area contributed by atoms with Crippen LogP contribution in [0.25, 0.3) is 0 Å². The van der Waals surface area contributed by atoms with E-state index in [1.54, 1.807) is 29.4 Å². The fraction of sp³-hybridized carbons (Fsp3) is 0.320. The van der Waals surface area contributed by atoms with Crippen LogP contribution in [0.3, 0.4) is 0 Å². The molecule has 1 fully saturated rings. The number of nitrogens with zero attached hydrogens (tertiary/aromatic N) is 2. The van der Waals surface area contributed by atoms with Crippen molar-refractivity contribution in [2.24, 2.45) is 0 Å². The van der Waals surface area contributed by atoms with Crippen LogP contribution in [0, 0.1) is 6.92 Å². The van der Waals surface area contributed by atoms with E-state index < -0.39 is 10.0 Å². The molecule has 0 unspecified atom stereocenters. The van der Waals surface area contributed by atoms with Gasteiger partial charge in [0.2, 0.25) is 15.9 Å². The number of benzene rings is 2. The van der Waals surface area contributed by atoms with Gasteiger partial charge in [0.25, 0.3) is 0 Å². The molecule has 2 heterocycles. The van der Waals surface area contributed by atoms with Crippen LogP contribution in [0.4, 0.5) is 5.69 Å². The molecule has 1 aromatic heterocycles. The fourth-order valence-corrected chi connectivity index (χ4v) is 5.45. The number of rotatable bonds is 8. The lowest BCUT2D eigenvalue weighted by Crippen LogP contribution is -2.40. The number of methoxy groups -OCH3 is 1. The number of carbonyl (C=O) groups excluding carboxylic acids is 1. The van der Waals surface area contributed by atoms with Crippen molar-refractivity contribution in [3.63, 3.8) is 0 Å². The molecular formula is C25H28N2O6S. The predicted molar refractivity (Wildman–Crippen MR) is 127 cm³/mol. The Kier molecular flexibility index (Phi) is 7.35. The first-order valence-electron chi connectivity index (χ1n) is 11.0. The minimum atomic E-state index is -3.79. The zero-order chi connectivity index (χ0) is 24.1. The number of hydrogen-bond donors (Lipinski definition) is 0. The topological polar surface area (TPSA) is 89.3 Å². The normalized spacial score (nSPS) is 14.6. The third kappa shape index (κ3) is 5.32. The highest BCUT2D eigenvalue weighted by Gasteiger charge is 2.30. The maximum absolute atomic E-state index is 13.4. The summed E-state index contributed by atoms with van der Waals surface area (Å²) in [6.07, 6.45) is 1.59. The van der Waals surface area contributed by atoms with Gasteiger partial charge in [0, 0.05) is 18.8 Å². The largest absolute Gasteiger partial charge is 0.495 e. The number of carbonyl (C=O) groups is 1. The summed E-state index contributed by atoms with van der Waals surface area (Å²) >= 11 is 0. The molecule has 4 rings (SSSR count). The van der Waals surface area contributed by atoms with E-state index in [0.29, 0.717) is 24.5 Å². The van der Waals surface area contributed by atoms with Crippen molar-refractivity contribution in [3.05, 3.63) is 77.7 Å². The molecule has 1 amide bonds.